The van der Waals surface area contributed by atoms with Gasteiger partial charge in [-0.2, -0.15) is 0 Å². The second kappa shape index (κ2) is 9.94. The standard InChI is InChI=1S/C19H18Cl2N2O4/c1-2-3-11-27-19(26)12-7-4-5-10-15(12)22-17(24)18(25)23-16-13(20)8-6-9-14(16)21/h4-10H,2-3,11H2,1H3,(H,22,24)(H,23,25). The highest BCUT2D eigenvalue weighted by Crippen LogP contribution is 2.29. The Bertz CT molecular complexity index is 835. The van der Waals surface area contributed by atoms with Crippen molar-refractivity contribution < 1.29 is 19.1 Å². The van der Waals surface area contributed by atoms with Crippen LogP contribution in [-0.4, -0.2) is 24.4 Å². The number of nitrogens with one attached hydrogen (secondary N) is 2. The van der Waals surface area contributed by atoms with Crippen LogP contribution in [0, 0.1) is 0 Å². The molecular weight excluding hydrogens is 391 g/mol. The quantitative estimate of drug-likeness (QED) is 0.417. The molecule has 0 heterocycles. The van der Waals surface area contributed by atoms with E-state index in [4.69, 9.17) is 27.9 Å². The smallest absolute Gasteiger partial charge is 0.340 e. The van der Waals surface area contributed by atoms with Gasteiger partial charge in [0.05, 0.1) is 33.6 Å². The van der Waals surface area contributed by atoms with Gasteiger partial charge in [-0.15, -0.1) is 0 Å². The Balaban J connectivity index is 2.09. The molecule has 0 aromatic heterocycles. The molecule has 2 rings (SSSR count). The number of para-hydroxylation sites is 2. The van der Waals surface area contributed by atoms with Gasteiger partial charge in [-0.3, -0.25) is 9.59 Å². The third kappa shape index (κ3) is 5.70. The van der Waals surface area contributed by atoms with Gasteiger partial charge in [-0.1, -0.05) is 54.7 Å². The molecule has 0 aliphatic carbocycles. The summed E-state index contributed by atoms with van der Waals surface area (Å²) in [5.41, 5.74) is 0.461. The summed E-state index contributed by atoms with van der Waals surface area (Å²) in [7, 11) is 0. The van der Waals surface area contributed by atoms with Gasteiger partial charge in [0.1, 0.15) is 0 Å². The number of rotatable bonds is 6. The van der Waals surface area contributed by atoms with Gasteiger partial charge >= 0.3 is 17.8 Å². The molecule has 0 saturated heterocycles. The van der Waals surface area contributed by atoms with Crippen molar-refractivity contribution in [3.63, 3.8) is 0 Å². The first-order valence-corrected chi connectivity index (χ1v) is 9.02. The Labute approximate surface area is 166 Å². The lowest BCUT2D eigenvalue weighted by atomic mass is 10.1. The molecule has 0 spiro atoms. The fourth-order valence-corrected chi connectivity index (χ4v) is 2.62. The topological polar surface area (TPSA) is 84.5 Å². The largest absolute Gasteiger partial charge is 0.462 e. The zero-order valence-corrected chi connectivity index (χ0v) is 16.1. The number of unbranched alkanes of at least 4 members (excludes halogenated alkanes) is 1. The molecule has 0 fully saturated rings. The maximum atomic E-state index is 12.2. The summed E-state index contributed by atoms with van der Waals surface area (Å²) in [5.74, 6) is -2.52. The van der Waals surface area contributed by atoms with Crippen LogP contribution in [0.15, 0.2) is 42.5 Å². The molecule has 6 nitrogen and oxygen atoms in total. The van der Waals surface area contributed by atoms with E-state index in [9.17, 15) is 14.4 Å². The van der Waals surface area contributed by atoms with Crippen molar-refractivity contribution in [3.05, 3.63) is 58.1 Å². The van der Waals surface area contributed by atoms with Crippen LogP contribution in [0.25, 0.3) is 0 Å². The SMILES string of the molecule is CCCCOC(=O)c1ccccc1NC(=O)C(=O)Nc1c(Cl)cccc1Cl. The first kappa shape index (κ1) is 20.7. The Hall–Kier alpha value is -2.57. The van der Waals surface area contributed by atoms with Crippen LogP contribution in [0.1, 0.15) is 30.1 Å². The number of amides is 2. The summed E-state index contributed by atoms with van der Waals surface area (Å²) < 4.78 is 5.15. The molecule has 2 amide bonds. The summed E-state index contributed by atoms with van der Waals surface area (Å²) >= 11 is 11.9. The van der Waals surface area contributed by atoms with Gasteiger partial charge < -0.3 is 15.4 Å². The van der Waals surface area contributed by atoms with E-state index in [0.29, 0.717) is 0 Å². The monoisotopic (exact) mass is 408 g/mol. The lowest BCUT2D eigenvalue weighted by Crippen LogP contribution is -2.30. The number of carbonyl (C=O) groups is 3. The Morgan fingerprint density at radius 3 is 2.22 bits per heavy atom. The van der Waals surface area contributed by atoms with Gasteiger partial charge in [0.15, 0.2) is 0 Å². The van der Waals surface area contributed by atoms with E-state index in [2.05, 4.69) is 10.6 Å². The molecule has 0 unspecified atom stereocenters. The summed E-state index contributed by atoms with van der Waals surface area (Å²) in [6.45, 7) is 2.26. The van der Waals surface area contributed by atoms with E-state index >= 15 is 0 Å². The van der Waals surface area contributed by atoms with Crippen LogP contribution in [0.5, 0.6) is 0 Å². The molecular formula is C19H18Cl2N2O4. The number of hydrogen-bond donors (Lipinski definition) is 2. The van der Waals surface area contributed by atoms with Crippen molar-refractivity contribution in [3.8, 4) is 0 Å². The number of carbonyl (C=O) groups excluding carboxylic acids is 3. The van der Waals surface area contributed by atoms with Crippen LogP contribution in [0.2, 0.25) is 10.0 Å². The lowest BCUT2D eigenvalue weighted by molar-refractivity contribution is -0.133. The summed E-state index contributed by atoms with van der Waals surface area (Å²) in [6, 6.07) is 10.9. The molecule has 8 heteroatoms. The van der Waals surface area contributed by atoms with E-state index < -0.39 is 17.8 Å². The zero-order chi connectivity index (χ0) is 19.8. The number of hydrogen-bond acceptors (Lipinski definition) is 4. The number of benzene rings is 2. The number of anilines is 2. The minimum atomic E-state index is -0.973. The molecule has 27 heavy (non-hydrogen) atoms. The van der Waals surface area contributed by atoms with E-state index in [1.54, 1.807) is 18.2 Å². The Kier molecular flexibility index (Phi) is 7.64. The number of ether oxygens (including phenoxy) is 1. The van der Waals surface area contributed by atoms with E-state index in [1.807, 2.05) is 6.92 Å². The van der Waals surface area contributed by atoms with Crippen molar-refractivity contribution in [2.45, 2.75) is 19.8 Å². The molecule has 0 saturated carbocycles. The fraction of sp³-hybridized carbons (Fsp3) is 0.211. The molecule has 2 aromatic rings. The maximum absolute atomic E-state index is 12.2. The van der Waals surface area contributed by atoms with Crippen molar-refractivity contribution >= 4 is 52.4 Å². The minimum absolute atomic E-state index is 0.133. The third-order valence-electron chi connectivity index (χ3n) is 3.53. The highest BCUT2D eigenvalue weighted by molar-refractivity contribution is 6.46. The van der Waals surface area contributed by atoms with Crippen LogP contribution in [-0.2, 0) is 14.3 Å². The van der Waals surface area contributed by atoms with E-state index in [-0.39, 0.29) is 33.6 Å². The maximum Gasteiger partial charge on any atom is 0.340 e. The first-order chi connectivity index (χ1) is 12.9. The van der Waals surface area contributed by atoms with Crippen LogP contribution < -0.4 is 10.6 Å². The van der Waals surface area contributed by atoms with Crippen LogP contribution in [0.3, 0.4) is 0 Å². The van der Waals surface area contributed by atoms with Gasteiger partial charge in [-0.25, -0.2) is 4.79 Å². The predicted molar refractivity (Wildman–Crippen MR) is 105 cm³/mol. The van der Waals surface area contributed by atoms with Crippen molar-refractivity contribution in [2.24, 2.45) is 0 Å². The van der Waals surface area contributed by atoms with Crippen molar-refractivity contribution in [2.75, 3.05) is 17.2 Å². The first-order valence-electron chi connectivity index (χ1n) is 8.26. The van der Waals surface area contributed by atoms with Crippen molar-refractivity contribution in [1.29, 1.82) is 0 Å². The highest BCUT2D eigenvalue weighted by Gasteiger charge is 2.20. The lowest BCUT2D eigenvalue weighted by Gasteiger charge is -2.12. The summed E-state index contributed by atoms with van der Waals surface area (Å²) in [6.07, 6.45) is 1.62. The molecule has 0 aliphatic rings. The van der Waals surface area contributed by atoms with Crippen LogP contribution in [0.4, 0.5) is 11.4 Å². The predicted octanol–water partition coefficient (Wildman–Crippen LogP) is 4.53. The van der Waals surface area contributed by atoms with Gasteiger partial charge in [0.2, 0.25) is 0 Å². The zero-order valence-electron chi connectivity index (χ0n) is 14.6. The second-order valence-electron chi connectivity index (χ2n) is 5.54. The Morgan fingerprint density at radius 1 is 0.926 bits per heavy atom. The highest BCUT2D eigenvalue weighted by atomic mass is 35.5. The summed E-state index contributed by atoms with van der Waals surface area (Å²) in [4.78, 5) is 36.5. The van der Waals surface area contributed by atoms with Gasteiger partial charge in [-0.05, 0) is 30.7 Å². The minimum Gasteiger partial charge on any atom is -0.462 e. The van der Waals surface area contributed by atoms with Gasteiger partial charge in [0.25, 0.3) is 0 Å². The summed E-state index contributed by atoms with van der Waals surface area (Å²) in [5, 5.41) is 5.16. The molecule has 0 atom stereocenters. The van der Waals surface area contributed by atoms with E-state index in [0.717, 1.165) is 12.8 Å². The number of esters is 1. The second-order valence-corrected chi connectivity index (χ2v) is 6.35. The van der Waals surface area contributed by atoms with Gasteiger partial charge in [0, 0.05) is 0 Å². The average molecular weight is 409 g/mol. The van der Waals surface area contributed by atoms with Crippen LogP contribution >= 0.6 is 23.2 Å². The molecule has 2 N–H and O–H groups in total. The molecule has 0 radical (unpaired) electrons. The average Bonchev–Trinajstić information content (AvgIpc) is 2.65. The Morgan fingerprint density at radius 2 is 1.56 bits per heavy atom. The molecule has 0 bridgehead atoms. The molecule has 0 aliphatic heterocycles. The van der Waals surface area contributed by atoms with E-state index in [1.165, 1.54) is 24.3 Å². The fourth-order valence-electron chi connectivity index (χ4n) is 2.12. The number of halogens is 2. The molecule has 142 valence electrons. The van der Waals surface area contributed by atoms with Crippen molar-refractivity contribution in [1.82, 2.24) is 0 Å². The normalized spacial score (nSPS) is 10.2. The third-order valence-corrected chi connectivity index (χ3v) is 4.16. The molecule has 2 aromatic carbocycles.